The summed E-state index contributed by atoms with van der Waals surface area (Å²) in [6.07, 6.45) is 0.301. The van der Waals surface area contributed by atoms with Gasteiger partial charge in [-0.3, -0.25) is 24.6 Å². The molecule has 4 amide bonds. The van der Waals surface area contributed by atoms with Gasteiger partial charge in [0.05, 0.1) is 26.8 Å². The lowest BCUT2D eigenvalue weighted by Gasteiger charge is -2.14. The summed E-state index contributed by atoms with van der Waals surface area (Å²) in [5, 5.41) is 16.7. The number of benzene rings is 2. The van der Waals surface area contributed by atoms with Crippen LogP contribution in [0.4, 0.5) is 16.2 Å². The van der Waals surface area contributed by atoms with E-state index >= 15 is 0 Å². The third-order valence-electron chi connectivity index (χ3n) is 4.19. The SMILES string of the molecule is O=C(NCCCN1C(=O)c2ccc([N+](=O)[O-])cc2C1=O)Nc1ccc(Cl)cc1Cl. The highest BCUT2D eigenvalue weighted by Gasteiger charge is 2.36. The smallest absolute Gasteiger partial charge is 0.319 e. The molecule has 29 heavy (non-hydrogen) atoms. The number of rotatable bonds is 6. The van der Waals surface area contributed by atoms with E-state index in [0.717, 1.165) is 11.0 Å². The molecule has 0 fully saturated rings. The lowest BCUT2D eigenvalue weighted by Crippen LogP contribution is -2.35. The molecule has 0 spiro atoms. The monoisotopic (exact) mass is 436 g/mol. The molecule has 0 atom stereocenters. The number of nitro groups is 1. The summed E-state index contributed by atoms with van der Waals surface area (Å²) < 4.78 is 0. The van der Waals surface area contributed by atoms with Crippen molar-refractivity contribution in [3.63, 3.8) is 0 Å². The van der Waals surface area contributed by atoms with Gasteiger partial charge < -0.3 is 10.6 Å². The van der Waals surface area contributed by atoms with Gasteiger partial charge in [-0.05, 0) is 30.7 Å². The number of non-ortho nitro benzene ring substituents is 1. The second-order valence-corrected chi connectivity index (χ2v) is 6.95. The van der Waals surface area contributed by atoms with Crippen LogP contribution in [0.5, 0.6) is 0 Å². The molecule has 0 aromatic heterocycles. The minimum atomic E-state index is -0.629. The highest BCUT2D eigenvalue weighted by Crippen LogP contribution is 2.27. The summed E-state index contributed by atoms with van der Waals surface area (Å²) in [6, 6.07) is 7.67. The number of nitro benzene ring substituents is 1. The van der Waals surface area contributed by atoms with Crippen LogP contribution >= 0.6 is 23.2 Å². The van der Waals surface area contributed by atoms with Gasteiger partial charge in [0.2, 0.25) is 0 Å². The Morgan fingerprint density at radius 3 is 2.48 bits per heavy atom. The minimum Gasteiger partial charge on any atom is -0.338 e. The van der Waals surface area contributed by atoms with Crippen LogP contribution in [0.2, 0.25) is 10.0 Å². The molecule has 0 radical (unpaired) electrons. The number of carbonyl (C=O) groups is 3. The number of nitrogens with one attached hydrogen (secondary N) is 2. The Labute approximate surface area is 174 Å². The van der Waals surface area contributed by atoms with Crippen LogP contribution in [-0.4, -0.2) is 40.8 Å². The van der Waals surface area contributed by atoms with E-state index < -0.39 is 22.8 Å². The van der Waals surface area contributed by atoms with Crippen LogP contribution in [0.25, 0.3) is 0 Å². The predicted octanol–water partition coefficient (Wildman–Crippen LogP) is 3.71. The third-order valence-corrected chi connectivity index (χ3v) is 4.74. The molecule has 9 nitrogen and oxygen atoms in total. The van der Waals surface area contributed by atoms with Crippen molar-refractivity contribution in [3.05, 3.63) is 67.7 Å². The predicted molar refractivity (Wildman–Crippen MR) is 107 cm³/mol. The Morgan fingerprint density at radius 2 is 1.79 bits per heavy atom. The molecule has 2 aromatic rings. The Morgan fingerprint density at radius 1 is 1.07 bits per heavy atom. The van der Waals surface area contributed by atoms with E-state index in [1.165, 1.54) is 18.2 Å². The molecule has 0 bridgehead atoms. The molecule has 11 heteroatoms. The van der Waals surface area contributed by atoms with E-state index in [2.05, 4.69) is 10.6 Å². The Bertz CT molecular complexity index is 1030. The summed E-state index contributed by atoms with van der Waals surface area (Å²) >= 11 is 11.8. The van der Waals surface area contributed by atoms with Gasteiger partial charge >= 0.3 is 6.03 Å². The number of fused-ring (bicyclic) bond motifs is 1. The van der Waals surface area contributed by atoms with Crippen molar-refractivity contribution < 1.29 is 19.3 Å². The summed E-state index contributed by atoms with van der Waals surface area (Å²) in [6.45, 7) is 0.243. The fraction of sp³-hybridized carbons (Fsp3) is 0.167. The van der Waals surface area contributed by atoms with Crippen LogP contribution in [0, 0.1) is 10.1 Å². The molecular weight excluding hydrogens is 423 g/mol. The van der Waals surface area contributed by atoms with E-state index in [9.17, 15) is 24.5 Å². The number of anilines is 1. The number of urea groups is 1. The maximum absolute atomic E-state index is 12.4. The van der Waals surface area contributed by atoms with Gasteiger partial charge in [0.25, 0.3) is 17.5 Å². The van der Waals surface area contributed by atoms with E-state index in [1.54, 1.807) is 12.1 Å². The topological polar surface area (TPSA) is 122 Å². The largest absolute Gasteiger partial charge is 0.338 e. The molecule has 0 saturated heterocycles. The van der Waals surface area contributed by atoms with E-state index in [1.807, 2.05) is 0 Å². The quantitative estimate of drug-likeness (QED) is 0.309. The van der Waals surface area contributed by atoms with E-state index in [-0.39, 0.29) is 34.9 Å². The van der Waals surface area contributed by atoms with Crippen LogP contribution in [0.15, 0.2) is 36.4 Å². The molecule has 150 valence electrons. The molecule has 3 rings (SSSR count). The van der Waals surface area contributed by atoms with Crippen molar-refractivity contribution in [1.29, 1.82) is 0 Å². The molecule has 2 N–H and O–H groups in total. The minimum absolute atomic E-state index is 0.00674. The van der Waals surface area contributed by atoms with Gasteiger partial charge in [-0.2, -0.15) is 0 Å². The molecule has 0 aliphatic carbocycles. The summed E-state index contributed by atoms with van der Waals surface area (Å²) in [7, 11) is 0. The van der Waals surface area contributed by atoms with Crippen molar-refractivity contribution in [2.45, 2.75) is 6.42 Å². The van der Waals surface area contributed by atoms with Crippen LogP contribution in [0.3, 0.4) is 0 Å². The van der Waals surface area contributed by atoms with E-state index in [0.29, 0.717) is 17.1 Å². The van der Waals surface area contributed by atoms with Gasteiger partial charge in [0.15, 0.2) is 0 Å². The highest BCUT2D eigenvalue weighted by atomic mass is 35.5. The maximum atomic E-state index is 12.4. The van der Waals surface area contributed by atoms with Crippen molar-refractivity contribution in [2.75, 3.05) is 18.4 Å². The zero-order valence-electron chi connectivity index (χ0n) is 14.8. The first-order chi connectivity index (χ1) is 13.8. The highest BCUT2D eigenvalue weighted by molar-refractivity contribution is 6.36. The normalized spacial score (nSPS) is 12.7. The number of halogens is 2. The van der Waals surface area contributed by atoms with Crippen LogP contribution in [-0.2, 0) is 0 Å². The number of carbonyl (C=O) groups excluding carboxylic acids is 3. The second kappa shape index (κ2) is 8.46. The van der Waals surface area contributed by atoms with Gasteiger partial charge in [-0.1, -0.05) is 23.2 Å². The number of nitrogens with zero attached hydrogens (tertiary/aromatic N) is 2. The average Bonchev–Trinajstić information content (AvgIpc) is 2.91. The molecule has 2 aromatic carbocycles. The zero-order chi connectivity index (χ0) is 21.1. The Kier molecular flexibility index (Phi) is 6.00. The first-order valence-corrected chi connectivity index (χ1v) is 9.18. The molecule has 1 aliphatic heterocycles. The molecule has 0 unspecified atom stereocenters. The first-order valence-electron chi connectivity index (χ1n) is 8.42. The van der Waals surface area contributed by atoms with Crippen LogP contribution in [0.1, 0.15) is 27.1 Å². The molecule has 1 aliphatic rings. The number of hydrogen-bond donors (Lipinski definition) is 2. The number of amides is 4. The molecular formula is C18H14Cl2N4O5. The third kappa shape index (κ3) is 4.47. The summed E-state index contributed by atoms with van der Waals surface area (Å²) in [4.78, 5) is 47.9. The van der Waals surface area contributed by atoms with Crippen molar-refractivity contribution in [1.82, 2.24) is 10.2 Å². The van der Waals surface area contributed by atoms with Crippen LogP contribution < -0.4 is 10.6 Å². The van der Waals surface area contributed by atoms with Gasteiger partial charge in [0, 0.05) is 30.2 Å². The van der Waals surface area contributed by atoms with Gasteiger partial charge in [0.1, 0.15) is 0 Å². The van der Waals surface area contributed by atoms with Crippen molar-refractivity contribution in [2.24, 2.45) is 0 Å². The van der Waals surface area contributed by atoms with Crippen molar-refractivity contribution >= 4 is 52.4 Å². The zero-order valence-corrected chi connectivity index (χ0v) is 16.3. The molecule has 0 saturated carbocycles. The molecule has 1 heterocycles. The summed E-state index contributed by atoms with van der Waals surface area (Å²) in [5.74, 6) is -1.11. The van der Waals surface area contributed by atoms with Gasteiger partial charge in [-0.15, -0.1) is 0 Å². The fourth-order valence-electron chi connectivity index (χ4n) is 2.79. The van der Waals surface area contributed by atoms with E-state index in [4.69, 9.17) is 23.2 Å². The standard InChI is InChI=1S/C18H14Cl2N4O5/c19-10-2-5-15(14(20)8-10)22-18(27)21-6-1-7-23-16(25)12-4-3-11(24(28)29)9-13(12)17(23)26/h2-5,8-9H,1,6-7H2,(H2,21,22,27). The maximum Gasteiger partial charge on any atom is 0.319 e. The Balaban J connectivity index is 1.51. The Hall–Kier alpha value is -3.17. The lowest BCUT2D eigenvalue weighted by atomic mass is 10.1. The number of imide groups is 1. The fourth-order valence-corrected chi connectivity index (χ4v) is 3.25. The summed E-state index contributed by atoms with van der Waals surface area (Å²) in [5.41, 5.74) is 0.262. The lowest BCUT2D eigenvalue weighted by molar-refractivity contribution is -0.384. The number of hydrogen-bond acceptors (Lipinski definition) is 5. The second-order valence-electron chi connectivity index (χ2n) is 6.11. The van der Waals surface area contributed by atoms with Crippen molar-refractivity contribution in [3.8, 4) is 0 Å². The average molecular weight is 437 g/mol. The van der Waals surface area contributed by atoms with Gasteiger partial charge in [-0.25, -0.2) is 4.79 Å². The first kappa shape index (κ1) is 20.6.